The van der Waals surface area contributed by atoms with E-state index >= 15 is 0 Å². The summed E-state index contributed by atoms with van der Waals surface area (Å²) in [5.74, 6) is 0.390. The summed E-state index contributed by atoms with van der Waals surface area (Å²) in [6, 6.07) is 13.9. The van der Waals surface area contributed by atoms with E-state index in [9.17, 15) is 4.39 Å². The SMILES string of the molecule is Fc1ccc(C2=Nc3ccccc3[N]2)cc1. The molecular formula is C13H8FN2. The van der Waals surface area contributed by atoms with E-state index in [0.717, 1.165) is 16.9 Å². The van der Waals surface area contributed by atoms with Crippen LogP contribution in [-0.2, 0) is 0 Å². The van der Waals surface area contributed by atoms with Crippen LogP contribution in [0.3, 0.4) is 0 Å². The van der Waals surface area contributed by atoms with Crippen molar-refractivity contribution in [3.63, 3.8) is 0 Å². The molecule has 0 bridgehead atoms. The van der Waals surface area contributed by atoms with E-state index < -0.39 is 0 Å². The quantitative estimate of drug-likeness (QED) is 0.692. The van der Waals surface area contributed by atoms with Crippen molar-refractivity contribution >= 4 is 17.2 Å². The van der Waals surface area contributed by atoms with Gasteiger partial charge in [0.25, 0.3) is 0 Å². The number of hydrogen-bond acceptors (Lipinski definition) is 1. The number of amidine groups is 1. The Morgan fingerprint density at radius 1 is 0.812 bits per heavy atom. The number of benzene rings is 2. The minimum Gasteiger partial charge on any atom is -0.226 e. The second-order valence-corrected chi connectivity index (χ2v) is 3.54. The number of rotatable bonds is 1. The van der Waals surface area contributed by atoms with Crippen molar-refractivity contribution in [3.8, 4) is 0 Å². The molecule has 0 N–H and O–H groups in total. The lowest BCUT2D eigenvalue weighted by Crippen LogP contribution is -2.07. The van der Waals surface area contributed by atoms with Gasteiger partial charge in [-0.2, -0.15) is 0 Å². The number of nitrogens with zero attached hydrogens (tertiary/aromatic N) is 2. The summed E-state index contributed by atoms with van der Waals surface area (Å²) < 4.78 is 12.8. The fourth-order valence-corrected chi connectivity index (χ4v) is 1.63. The van der Waals surface area contributed by atoms with Crippen LogP contribution < -0.4 is 5.32 Å². The van der Waals surface area contributed by atoms with E-state index in [1.165, 1.54) is 12.1 Å². The molecule has 3 rings (SSSR count). The first-order valence-electron chi connectivity index (χ1n) is 4.98. The van der Waals surface area contributed by atoms with Gasteiger partial charge < -0.3 is 0 Å². The van der Waals surface area contributed by atoms with E-state index in [4.69, 9.17) is 0 Å². The molecule has 0 spiro atoms. The largest absolute Gasteiger partial charge is 0.226 e. The number of aliphatic imine (C=N–C) groups is 1. The zero-order valence-corrected chi connectivity index (χ0v) is 8.39. The molecule has 1 radical (unpaired) electrons. The maximum atomic E-state index is 12.8. The third-order valence-electron chi connectivity index (χ3n) is 2.44. The third-order valence-corrected chi connectivity index (χ3v) is 2.44. The number of halogens is 1. The summed E-state index contributed by atoms with van der Waals surface area (Å²) in [6.45, 7) is 0. The van der Waals surface area contributed by atoms with Crippen molar-refractivity contribution in [1.29, 1.82) is 0 Å². The molecule has 0 aliphatic carbocycles. The Balaban J connectivity index is 1.98. The van der Waals surface area contributed by atoms with E-state index in [2.05, 4.69) is 10.3 Å². The van der Waals surface area contributed by atoms with Gasteiger partial charge in [0.1, 0.15) is 5.82 Å². The lowest BCUT2D eigenvalue weighted by atomic mass is 10.2. The summed E-state index contributed by atoms with van der Waals surface area (Å²) in [7, 11) is 0. The standard InChI is InChI=1S/C13H8FN2/c14-10-7-5-9(6-8-10)13-15-11-3-1-2-4-12(11)16-13/h1-8H. The van der Waals surface area contributed by atoms with Crippen LogP contribution in [-0.4, -0.2) is 5.84 Å². The summed E-state index contributed by atoms with van der Waals surface area (Å²) in [6.07, 6.45) is 0. The third kappa shape index (κ3) is 1.46. The number of para-hydroxylation sites is 2. The molecule has 0 saturated heterocycles. The first-order chi connectivity index (χ1) is 7.83. The molecule has 2 nitrogen and oxygen atoms in total. The lowest BCUT2D eigenvalue weighted by Gasteiger charge is -1.99. The van der Waals surface area contributed by atoms with Crippen LogP contribution in [0.1, 0.15) is 5.56 Å². The fourth-order valence-electron chi connectivity index (χ4n) is 1.63. The van der Waals surface area contributed by atoms with Gasteiger partial charge in [-0.15, -0.1) is 0 Å². The summed E-state index contributed by atoms with van der Waals surface area (Å²) in [5, 5.41) is 4.38. The smallest absolute Gasteiger partial charge is 0.160 e. The molecule has 77 valence electrons. The number of fused-ring (bicyclic) bond motifs is 1. The van der Waals surface area contributed by atoms with Gasteiger partial charge in [-0.3, -0.25) is 0 Å². The Hall–Kier alpha value is -2.16. The average molecular weight is 211 g/mol. The van der Waals surface area contributed by atoms with E-state index in [1.807, 2.05) is 24.3 Å². The normalized spacial score (nSPS) is 12.9. The molecule has 1 aliphatic heterocycles. The molecule has 16 heavy (non-hydrogen) atoms. The molecule has 0 unspecified atom stereocenters. The molecule has 0 amide bonds. The highest BCUT2D eigenvalue weighted by Gasteiger charge is 2.16. The maximum Gasteiger partial charge on any atom is 0.160 e. The van der Waals surface area contributed by atoms with Gasteiger partial charge in [0.15, 0.2) is 5.84 Å². The molecule has 0 fully saturated rings. The van der Waals surface area contributed by atoms with Gasteiger partial charge in [-0.1, -0.05) is 12.1 Å². The second-order valence-electron chi connectivity index (χ2n) is 3.54. The molecule has 1 heterocycles. The first kappa shape index (κ1) is 9.09. The van der Waals surface area contributed by atoms with Crippen molar-refractivity contribution in [2.45, 2.75) is 0 Å². The van der Waals surface area contributed by atoms with Crippen LogP contribution in [0.25, 0.3) is 0 Å². The predicted octanol–water partition coefficient (Wildman–Crippen LogP) is 3.15. The minimum absolute atomic E-state index is 0.250. The Kier molecular flexibility index (Phi) is 1.96. The van der Waals surface area contributed by atoms with Gasteiger partial charge in [0, 0.05) is 5.56 Å². The number of hydrogen-bond donors (Lipinski definition) is 0. The molecule has 0 atom stereocenters. The van der Waals surface area contributed by atoms with Crippen LogP contribution in [0.2, 0.25) is 0 Å². The molecule has 3 heteroatoms. The van der Waals surface area contributed by atoms with Crippen molar-refractivity contribution in [2.75, 3.05) is 0 Å². The van der Waals surface area contributed by atoms with Crippen LogP contribution >= 0.6 is 0 Å². The van der Waals surface area contributed by atoms with Gasteiger partial charge in [-0.25, -0.2) is 14.7 Å². The van der Waals surface area contributed by atoms with Gasteiger partial charge >= 0.3 is 0 Å². The highest BCUT2D eigenvalue weighted by molar-refractivity contribution is 6.07. The van der Waals surface area contributed by atoms with Crippen molar-refractivity contribution in [1.82, 2.24) is 5.32 Å². The average Bonchev–Trinajstić information content (AvgIpc) is 2.73. The lowest BCUT2D eigenvalue weighted by molar-refractivity contribution is 0.628. The minimum atomic E-state index is -0.250. The second kappa shape index (κ2) is 3.45. The Morgan fingerprint density at radius 3 is 2.19 bits per heavy atom. The monoisotopic (exact) mass is 211 g/mol. The first-order valence-corrected chi connectivity index (χ1v) is 4.98. The van der Waals surface area contributed by atoms with Crippen molar-refractivity contribution < 1.29 is 4.39 Å². The Bertz CT molecular complexity index is 558. The molecule has 0 aromatic heterocycles. The zero-order valence-electron chi connectivity index (χ0n) is 8.39. The molecule has 2 aromatic rings. The van der Waals surface area contributed by atoms with Gasteiger partial charge in [0.2, 0.25) is 0 Å². The van der Waals surface area contributed by atoms with Crippen LogP contribution in [0.15, 0.2) is 53.5 Å². The highest BCUT2D eigenvalue weighted by atomic mass is 19.1. The molecule has 0 saturated carbocycles. The van der Waals surface area contributed by atoms with Crippen LogP contribution in [0, 0.1) is 5.82 Å². The van der Waals surface area contributed by atoms with Crippen LogP contribution in [0.4, 0.5) is 15.8 Å². The van der Waals surface area contributed by atoms with Gasteiger partial charge in [0.05, 0.1) is 11.4 Å². The molecular weight excluding hydrogens is 203 g/mol. The summed E-state index contributed by atoms with van der Waals surface area (Å²) >= 11 is 0. The van der Waals surface area contributed by atoms with Crippen molar-refractivity contribution in [2.24, 2.45) is 4.99 Å². The predicted molar refractivity (Wildman–Crippen MR) is 60.8 cm³/mol. The van der Waals surface area contributed by atoms with Crippen LogP contribution in [0.5, 0.6) is 0 Å². The maximum absolute atomic E-state index is 12.8. The molecule has 1 aliphatic rings. The van der Waals surface area contributed by atoms with E-state index in [1.54, 1.807) is 12.1 Å². The Labute approximate surface area is 92.5 Å². The Morgan fingerprint density at radius 2 is 1.50 bits per heavy atom. The molecule has 2 aromatic carbocycles. The summed E-state index contributed by atoms with van der Waals surface area (Å²) in [5.41, 5.74) is 2.56. The van der Waals surface area contributed by atoms with E-state index in [-0.39, 0.29) is 5.82 Å². The van der Waals surface area contributed by atoms with E-state index in [0.29, 0.717) is 5.84 Å². The van der Waals surface area contributed by atoms with Crippen molar-refractivity contribution in [3.05, 3.63) is 59.9 Å². The topological polar surface area (TPSA) is 26.5 Å². The highest BCUT2D eigenvalue weighted by Crippen LogP contribution is 2.31. The fraction of sp³-hybridized carbons (Fsp3) is 0. The van der Waals surface area contributed by atoms with Gasteiger partial charge in [-0.05, 0) is 36.4 Å². The zero-order chi connectivity index (χ0) is 11.0. The summed E-state index contributed by atoms with van der Waals surface area (Å²) in [4.78, 5) is 4.38.